The first-order valence-electron chi connectivity index (χ1n) is 5.59. The Morgan fingerprint density at radius 2 is 1.93 bits per heavy atom. The van der Waals surface area contributed by atoms with Gasteiger partial charge < -0.3 is 10.4 Å². The Morgan fingerprint density at radius 3 is 2.47 bits per heavy atom. The Kier molecular flexibility index (Phi) is 4.64. The van der Waals surface area contributed by atoms with Crippen LogP contribution in [0, 0.1) is 12.3 Å². The third kappa shape index (κ3) is 4.35. The summed E-state index contributed by atoms with van der Waals surface area (Å²) in [5, 5.41) is 12.9. The molecule has 3 heteroatoms. The fraction of sp³-hybridized carbons (Fsp3) is 0.750. The molecule has 0 aromatic heterocycles. The second-order valence-electron chi connectivity index (χ2n) is 4.30. The van der Waals surface area contributed by atoms with E-state index in [0.717, 1.165) is 25.7 Å². The molecule has 3 nitrogen and oxygen atoms in total. The van der Waals surface area contributed by atoms with E-state index in [-0.39, 0.29) is 12.3 Å². The lowest BCUT2D eigenvalue weighted by Gasteiger charge is -2.26. The molecule has 2 N–H and O–H groups in total. The van der Waals surface area contributed by atoms with Crippen LogP contribution < -0.4 is 5.32 Å². The predicted octanol–water partition coefficient (Wildman–Crippen LogP) is 1.21. The number of amides is 1. The van der Waals surface area contributed by atoms with Gasteiger partial charge >= 0.3 is 0 Å². The standard InChI is InChI=1S/C12H19NO2/c1-2-7-11(14)13-10-12(15)8-5-3-4-6-9-12/h1,15H,3-10H2,(H,13,14). The number of carbonyl (C=O) groups is 1. The summed E-state index contributed by atoms with van der Waals surface area (Å²) in [5.41, 5.74) is -0.708. The molecular formula is C12H19NO2. The van der Waals surface area contributed by atoms with Crippen molar-refractivity contribution >= 4 is 5.91 Å². The summed E-state index contributed by atoms with van der Waals surface area (Å²) in [4.78, 5) is 11.1. The monoisotopic (exact) mass is 209 g/mol. The van der Waals surface area contributed by atoms with Crippen LogP contribution in [0.4, 0.5) is 0 Å². The molecule has 0 heterocycles. The third-order valence-corrected chi connectivity index (χ3v) is 2.91. The Morgan fingerprint density at radius 1 is 1.33 bits per heavy atom. The van der Waals surface area contributed by atoms with Crippen molar-refractivity contribution in [2.75, 3.05) is 6.54 Å². The fourth-order valence-electron chi connectivity index (χ4n) is 1.98. The lowest BCUT2D eigenvalue weighted by atomic mass is 9.94. The van der Waals surface area contributed by atoms with Crippen LogP contribution in [0.5, 0.6) is 0 Å². The van der Waals surface area contributed by atoms with Crippen LogP contribution in [0.3, 0.4) is 0 Å². The lowest BCUT2D eigenvalue weighted by molar-refractivity contribution is -0.121. The van der Waals surface area contributed by atoms with Crippen LogP contribution in [0.15, 0.2) is 0 Å². The second-order valence-corrected chi connectivity index (χ2v) is 4.30. The molecule has 1 aliphatic carbocycles. The van der Waals surface area contributed by atoms with Gasteiger partial charge in [0.2, 0.25) is 5.91 Å². The summed E-state index contributed by atoms with van der Waals surface area (Å²) in [6, 6.07) is 0. The van der Waals surface area contributed by atoms with Crippen LogP contribution in [-0.4, -0.2) is 23.2 Å². The molecule has 0 atom stereocenters. The van der Waals surface area contributed by atoms with Crippen LogP contribution in [0.2, 0.25) is 0 Å². The Hall–Kier alpha value is -1.01. The average molecular weight is 209 g/mol. The summed E-state index contributed by atoms with van der Waals surface area (Å²) < 4.78 is 0. The molecule has 0 aromatic rings. The molecule has 15 heavy (non-hydrogen) atoms. The van der Waals surface area contributed by atoms with Gasteiger partial charge in [0.25, 0.3) is 0 Å². The smallest absolute Gasteiger partial charge is 0.232 e. The summed E-state index contributed by atoms with van der Waals surface area (Å²) in [5.74, 6) is 2.12. The van der Waals surface area contributed by atoms with Crippen LogP contribution in [-0.2, 0) is 4.79 Å². The number of aliphatic hydroxyl groups is 1. The zero-order valence-corrected chi connectivity index (χ0v) is 9.09. The minimum atomic E-state index is -0.708. The molecule has 84 valence electrons. The van der Waals surface area contributed by atoms with Crippen molar-refractivity contribution in [2.45, 2.75) is 50.5 Å². The minimum absolute atomic E-state index is 0.0933. The van der Waals surface area contributed by atoms with Gasteiger partial charge in [-0.1, -0.05) is 31.6 Å². The quantitative estimate of drug-likeness (QED) is 0.542. The van der Waals surface area contributed by atoms with Gasteiger partial charge in [0.15, 0.2) is 0 Å². The maximum Gasteiger partial charge on any atom is 0.232 e. The highest BCUT2D eigenvalue weighted by atomic mass is 16.3. The van der Waals surface area contributed by atoms with E-state index in [1.165, 1.54) is 12.8 Å². The van der Waals surface area contributed by atoms with Crippen molar-refractivity contribution in [1.29, 1.82) is 0 Å². The Balaban J connectivity index is 2.34. The van der Waals surface area contributed by atoms with E-state index in [4.69, 9.17) is 6.42 Å². The molecule has 1 aliphatic rings. The van der Waals surface area contributed by atoms with Gasteiger partial charge in [-0.25, -0.2) is 0 Å². The molecule has 1 saturated carbocycles. The highest BCUT2D eigenvalue weighted by Gasteiger charge is 2.27. The number of terminal acetylenes is 1. The first-order chi connectivity index (χ1) is 7.16. The van der Waals surface area contributed by atoms with E-state index in [9.17, 15) is 9.90 Å². The van der Waals surface area contributed by atoms with E-state index < -0.39 is 5.60 Å². The van der Waals surface area contributed by atoms with Gasteiger partial charge in [0.05, 0.1) is 12.0 Å². The molecule has 0 bridgehead atoms. The molecule has 0 aliphatic heterocycles. The molecule has 1 fully saturated rings. The van der Waals surface area contributed by atoms with Crippen molar-refractivity contribution < 1.29 is 9.90 Å². The SMILES string of the molecule is C#CCC(=O)NCC1(O)CCCCCC1. The summed E-state index contributed by atoms with van der Waals surface area (Å²) in [6.07, 6.45) is 11.1. The van der Waals surface area contributed by atoms with E-state index in [0.29, 0.717) is 6.54 Å². The Labute approximate surface area is 91.3 Å². The van der Waals surface area contributed by atoms with E-state index >= 15 is 0 Å². The summed E-state index contributed by atoms with van der Waals surface area (Å²) in [6.45, 7) is 0.341. The van der Waals surface area contributed by atoms with Gasteiger partial charge in [-0.2, -0.15) is 0 Å². The fourth-order valence-corrected chi connectivity index (χ4v) is 1.98. The first kappa shape index (κ1) is 12.1. The lowest BCUT2D eigenvalue weighted by Crippen LogP contribution is -2.42. The average Bonchev–Trinajstić information content (AvgIpc) is 2.42. The molecule has 0 radical (unpaired) electrons. The van der Waals surface area contributed by atoms with E-state index in [2.05, 4.69) is 11.2 Å². The largest absolute Gasteiger partial charge is 0.388 e. The van der Waals surface area contributed by atoms with Gasteiger partial charge in [-0.3, -0.25) is 4.79 Å². The van der Waals surface area contributed by atoms with Gasteiger partial charge in [-0.15, -0.1) is 6.42 Å². The minimum Gasteiger partial charge on any atom is -0.388 e. The summed E-state index contributed by atoms with van der Waals surface area (Å²) >= 11 is 0. The number of rotatable bonds is 3. The predicted molar refractivity (Wildman–Crippen MR) is 59.1 cm³/mol. The topological polar surface area (TPSA) is 49.3 Å². The molecular weight excluding hydrogens is 190 g/mol. The second kappa shape index (κ2) is 5.77. The zero-order valence-electron chi connectivity index (χ0n) is 9.09. The van der Waals surface area contributed by atoms with Gasteiger partial charge in [0.1, 0.15) is 0 Å². The van der Waals surface area contributed by atoms with E-state index in [1.54, 1.807) is 0 Å². The molecule has 0 spiro atoms. The maximum atomic E-state index is 11.1. The van der Waals surface area contributed by atoms with Crippen LogP contribution in [0.1, 0.15) is 44.9 Å². The van der Waals surface area contributed by atoms with Gasteiger partial charge in [-0.05, 0) is 12.8 Å². The van der Waals surface area contributed by atoms with Crippen molar-refractivity contribution in [3.05, 3.63) is 0 Å². The highest BCUT2D eigenvalue weighted by molar-refractivity contribution is 5.78. The first-order valence-corrected chi connectivity index (χ1v) is 5.59. The molecule has 0 aromatic carbocycles. The molecule has 1 rings (SSSR count). The number of carbonyl (C=O) groups excluding carboxylic acids is 1. The van der Waals surface area contributed by atoms with Gasteiger partial charge in [0, 0.05) is 6.54 Å². The van der Waals surface area contributed by atoms with E-state index in [1.807, 2.05) is 0 Å². The van der Waals surface area contributed by atoms with Crippen molar-refractivity contribution in [1.82, 2.24) is 5.32 Å². The number of nitrogens with one attached hydrogen (secondary N) is 1. The molecule has 0 saturated heterocycles. The Bertz CT molecular complexity index is 247. The number of hydrogen-bond donors (Lipinski definition) is 2. The zero-order chi connectivity index (χ0) is 11.1. The van der Waals surface area contributed by atoms with Crippen molar-refractivity contribution in [3.63, 3.8) is 0 Å². The van der Waals surface area contributed by atoms with Crippen molar-refractivity contribution in [3.8, 4) is 12.3 Å². The molecule has 1 amide bonds. The normalized spacial score (nSPS) is 20.0. The van der Waals surface area contributed by atoms with Crippen LogP contribution >= 0.6 is 0 Å². The van der Waals surface area contributed by atoms with Crippen molar-refractivity contribution in [2.24, 2.45) is 0 Å². The summed E-state index contributed by atoms with van der Waals surface area (Å²) in [7, 11) is 0. The number of hydrogen-bond acceptors (Lipinski definition) is 2. The molecule has 0 unspecified atom stereocenters. The maximum absolute atomic E-state index is 11.1. The highest BCUT2D eigenvalue weighted by Crippen LogP contribution is 2.26. The van der Waals surface area contributed by atoms with Crippen LogP contribution in [0.25, 0.3) is 0 Å². The third-order valence-electron chi connectivity index (χ3n) is 2.91.